The van der Waals surface area contributed by atoms with E-state index < -0.39 is 11.9 Å². The first-order valence-corrected chi connectivity index (χ1v) is 8.38. The first kappa shape index (κ1) is 18.7. The van der Waals surface area contributed by atoms with Crippen LogP contribution in [0.5, 0.6) is 5.75 Å². The lowest BCUT2D eigenvalue weighted by molar-refractivity contribution is -0.137. The van der Waals surface area contributed by atoms with Crippen LogP contribution in [0.1, 0.15) is 5.56 Å². The van der Waals surface area contributed by atoms with E-state index >= 15 is 0 Å². The SMILES string of the molecule is COc1cccc(NC(=O)/C(C#N)=C\c2cn(CC(=O)O)c3ccccc23)c1. The van der Waals surface area contributed by atoms with E-state index in [0.717, 1.165) is 5.39 Å². The summed E-state index contributed by atoms with van der Waals surface area (Å²) in [6.45, 7) is -0.216. The van der Waals surface area contributed by atoms with Gasteiger partial charge in [0.05, 0.1) is 7.11 Å². The number of nitrogens with one attached hydrogen (secondary N) is 1. The maximum absolute atomic E-state index is 12.5. The molecule has 7 nitrogen and oxygen atoms in total. The van der Waals surface area contributed by atoms with Gasteiger partial charge in [-0.1, -0.05) is 24.3 Å². The van der Waals surface area contributed by atoms with E-state index in [1.807, 2.05) is 18.2 Å². The van der Waals surface area contributed by atoms with Gasteiger partial charge in [0.25, 0.3) is 5.91 Å². The van der Waals surface area contributed by atoms with E-state index in [-0.39, 0.29) is 12.1 Å². The van der Waals surface area contributed by atoms with Gasteiger partial charge in [0.2, 0.25) is 0 Å². The third-order valence-electron chi connectivity index (χ3n) is 4.12. The first-order valence-electron chi connectivity index (χ1n) is 8.38. The van der Waals surface area contributed by atoms with Crippen molar-refractivity contribution in [1.29, 1.82) is 5.26 Å². The van der Waals surface area contributed by atoms with Crippen LogP contribution in [0.2, 0.25) is 0 Å². The van der Waals surface area contributed by atoms with Gasteiger partial charge in [0, 0.05) is 34.4 Å². The zero-order chi connectivity index (χ0) is 20.1. The van der Waals surface area contributed by atoms with Crippen molar-refractivity contribution in [2.24, 2.45) is 0 Å². The Morgan fingerprint density at radius 2 is 2.04 bits per heavy atom. The molecule has 1 aromatic heterocycles. The van der Waals surface area contributed by atoms with Crippen LogP contribution in [-0.2, 0) is 16.1 Å². The predicted molar refractivity (Wildman–Crippen MR) is 105 cm³/mol. The van der Waals surface area contributed by atoms with E-state index in [9.17, 15) is 14.9 Å². The van der Waals surface area contributed by atoms with Crippen molar-refractivity contribution >= 4 is 34.5 Å². The molecule has 1 heterocycles. The zero-order valence-electron chi connectivity index (χ0n) is 15.0. The number of rotatable bonds is 6. The van der Waals surface area contributed by atoms with E-state index in [1.54, 1.807) is 47.2 Å². The molecule has 0 atom stereocenters. The molecule has 0 aliphatic heterocycles. The van der Waals surface area contributed by atoms with Crippen molar-refractivity contribution in [1.82, 2.24) is 4.57 Å². The number of ether oxygens (including phenoxy) is 1. The normalized spacial score (nSPS) is 11.1. The second-order valence-electron chi connectivity index (χ2n) is 5.98. The smallest absolute Gasteiger partial charge is 0.323 e. The van der Waals surface area contributed by atoms with Gasteiger partial charge < -0.3 is 19.7 Å². The highest BCUT2D eigenvalue weighted by atomic mass is 16.5. The number of benzene rings is 2. The van der Waals surface area contributed by atoms with Gasteiger partial charge in [-0.05, 0) is 24.3 Å². The van der Waals surface area contributed by atoms with E-state index in [1.165, 1.54) is 13.2 Å². The number of nitrogens with zero attached hydrogens (tertiary/aromatic N) is 2. The summed E-state index contributed by atoms with van der Waals surface area (Å²) in [5, 5.41) is 22.0. The first-order chi connectivity index (χ1) is 13.5. The Bertz CT molecular complexity index is 1120. The van der Waals surface area contributed by atoms with Crippen LogP contribution in [0.3, 0.4) is 0 Å². The van der Waals surface area contributed by atoms with Crippen LogP contribution < -0.4 is 10.1 Å². The molecule has 7 heteroatoms. The molecular weight excluding hydrogens is 358 g/mol. The highest BCUT2D eigenvalue weighted by molar-refractivity contribution is 6.10. The number of methoxy groups -OCH3 is 1. The minimum absolute atomic E-state index is 0.0963. The number of anilines is 1. The molecule has 28 heavy (non-hydrogen) atoms. The van der Waals surface area contributed by atoms with Crippen LogP contribution in [0.4, 0.5) is 5.69 Å². The Hall–Kier alpha value is -4.05. The predicted octanol–water partition coefficient (Wildman–Crippen LogP) is 3.28. The summed E-state index contributed by atoms with van der Waals surface area (Å²) in [7, 11) is 1.52. The maximum atomic E-state index is 12.5. The molecule has 140 valence electrons. The Morgan fingerprint density at radius 1 is 1.25 bits per heavy atom. The Balaban J connectivity index is 1.95. The number of carboxylic acids is 1. The highest BCUT2D eigenvalue weighted by Gasteiger charge is 2.14. The Labute approximate surface area is 161 Å². The molecule has 0 unspecified atom stereocenters. The summed E-state index contributed by atoms with van der Waals surface area (Å²) in [4.78, 5) is 23.6. The monoisotopic (exact) mass is 375 g/mol. The molecule has 0 spiro atoms. The summed E-state index contributed by atoms with van der Waals surface area (Å²) < 4.78 is 6.69. The standard InChI is InChI=1S/C21H17N3O4/c1-28-17-6-4-5-16(10-17)23-21(27)14(11-22)9-15-12-24(13-20(25)26)19-8-3-2-7-18(15)19/h2-10,12H,13H2,1H3,(H,23,27)(H,25,26)/b14-9-. The van der Waals surface area contributed by atoms with Crippen molar-refractivity contribution in [3.8, 4) is 11.8 Å². The molecular formula is C21H17N3O4. The molecule has 0 saturated heterocycles. The molecule has 1 amide bonds. The van der Waals surface area contributed by atoms with Crippen LogP contribution in [0.15, 0.2) is 60.3 Å². The van der Waals surface area contributed by atoms with Crippen molar-refractivity contribution < 1.29 is 19.4 Å². The molecule has 0 aliphatic carbocycles. The van der Waals surface area contributed by atoms with Crippen LogP contribution in [-0.4, -0.2) is 28.7 Å². The maximum Gasteiger partial charge on any atom is 0.323 e. The van der Waals surface area contributed by atoms with Gasteiger partial charge >= 0.3 is 5.97 Å². The number of hydrogen-bond acceptors (Lipinski definition) is 4. The van der Waals surface area contributed by atoms with Crippen molar-refractivity contribution in [2.45, 2.75) is 6.54 Å². The highest BCUT2D eigenvalue weighted by Crippen LogP contribution is 2.24. The molecule has 0 radical (unpaired) electrons. The number of carbonyl (C=O) groups excluding carboxylic acids is 1. The van der Waals surface area contributed by atoms with E-state index in [0.29, 0.717) is 22.5 Å². The summed E-state index contributed by atoms with van der Waals surface area (Å²) in [5.74, 6) is -0.963. The molecule has 0 aliphatic rings. The van der Waals surface area contributed by atoms with Gasteiger partial charge in [0.1, 0.15) is 23.9 Å². The molecule has 3 aromatic rings. The fourth-order valence-electron chi connectivity index (χ4n) is 2.87. The molecule has 2 aromatic carbocycles. The minimum Gasteiger partial charge on any atom is -0.497 e. The molecule has 0 fully saturated rings. The number of para-hydroxylation sites is 1. The van der Waals surface area contributed by atoms with Gasteiger partial charge in [-0.3, -0.25) is 9.59 Å². The minimum atomic E-state index is -0.979. The largest absolute Gasteiger partial charge is 0.497 e. The summed E-state index contributed by atoms with van der Waals surface area (Å²) in [6.07, 6.45) is 3.07. The van der Waals surface area contributed by atoms with Gasteiger partial charge in [0.15, 0.2) is 0 Å². The molecule has 2 N–H and O–H groups in total. The number of carboxylic acid groups (broad SMARTS) is 1. The van der Waals surface area contributed by atoms with Crippen molar-refractivity contribution in [2.75, 3.05) is 12.4 Å². The van der Waals surface area contributed by atoms with Gasteiger partial charge in [-0.2, -0.15) is 5.26 Å². The summed E-state index contributed by atoms with van der Waals surface area (Å²) in [6, 6.07) is 15.9. The fourth-order valence-corrected chi connectivity index (χ4v) is 2.87. The number of hydrogen-bond donors (Lipinski definition) is 2. The topological polar surface area (TPSA) is 104 Å². The molecule has 0 saturated carbocycles. The lowest BCUT2D eigenvalue weighted by Crippen LogP contribution is -2.13. The third-order valence-corrected chi connectivity index (χ3v) is 4.12. The van der Waals surface area contributed by atoms with Gasteiger partial charge in [-0.15, -0.1) is 0 Å². The number of nitriles is 1. The number of carbonyl (C=O) groups is 2. The lowest BCUT2D eigenvalue weighted by Gasteiger charge is -2.06. The summed E-state index contributed by atoms with van der Waals surface area (Å²) in [5.41, 5.74) is 1.70. The van der Waals surface area contributed by atoms with Gasteiger partial charge in [-0.25, -0.2) is 0 Å². The summed E-state index contributed by atoms with van der Waals surface area (Å²) >= 11 is 0. The lowest BCUT2D eigenvalue weighted by atomic mass is 10.1. The van der Waals surface area contributed by atoms with Crippen LogP contribution in [0, 0.1) is 11.3 Å². The van der Waals surface area contributed by atoms with Crippen LogP contribution in [0.25, 0.3) is 17.0 Å². The van der Waals surface area contributed by atoms with Crippen molar-refractivity contribution in [3.63, 3.8) is 0 Å². The number of amides is 1. The second kappa shape index (κ2) is 8.10. The average molecular weight is 375 g/mol. The molecule has 0 bridgehead atoms. The second-order valence-corrected chi connectivity index (χ2v) is 5.98. The average Bonchev–Trinajstić information content (AvgIpc) is 3.03. The number of fused-ring (bicyclic) bond motifs is 1. The van der Waals surface area contributed by atoms with Crippen molar-refractivity contribution in [3.05, 3.63) is 65.9 Å². The molecule has 3 rings (SSSR count). The van der Waals surface area contributed by atoms with E-state index in [4.69, 9.17) is 9.84 Å². The quantitative estimate of drug-likeness (QED) is 0.508. The third kappa shape index (κ3) is 4.02. The van der Waals surface area contributed by atoms with E-state index in [2.05, 4.69) is 5.32 Å². The Morgan fingerprint density at radius 3 is 2.75 bits per heavy atom. The zero-order valence-corrected chi connectivity index (χ0v) is 15.0. The van der Waals surface area contributed by atoms with Crippen LogP contribution >= 0.6 is 0 Å². The fraction of sp³-hybridized carbons (Fsp3) is 0.0952. The number of aliphatic carboxylic acids is 1. The Kier molecular flexibility index (Phi) is 5.42. The number of aromatic nitrogens is 1.